The first-order valence-corrected chi connectivity index (χ1v) is 11.5. The van der Waals surface area contributed by atoms with E-state index in [4.69, 9.17) is 11.6 Å². The van der Waals surface area contributed by atoms with Crippen molar-refractivity contribution in [2.45, 2.75) is 39.3 Å². The van der Waals surface area contributed by atoms with Crippen LogP contribution in [-0.4, -0.2) is 47.1 Å². The lowest BCUT2D eigenvalue weighted by Gasteiger charge is -2.32. The molecule has 2 N–H and O–H groups in total. The van der Waals surface area contributed by atoms with Gasteiger partial charge in [0, 0.05) is 30.7 Å². The van der Waals surface area contributed by atoms with E-state index in [0.29, 0.717) is 6.04 Å². The van der Waals surface area contributed by atoms with E-state index in [-0.39, 0.29) is 0 Å². The summed E-state index contributed by atoms with van der Waals surface area (Å²) in [5.74, 6) is 0.946. The summed E-state index contributed by atoms with van der Waals surface area (Å²) in [6, 6.07) is 6.99. The van der Waals surface area contributed by atoms with Gasteiger partial charge >= 0.3 is 0 Å². The van der Waals surface area contributed by atoms with Gasteiger partial charge in [-0.25, -0.2) is 9.97 Å². The molecule has 1 saturated heterocycles. The van der Waals surface area contributed by atoms with Crippen LogP contribution in [0.15, 0.2) is 29.9 Å². The van der Waals surface area contributed by atoms with Crippen molar-refractivity contribution in [3.63, 3.8) is 0 Å². The van der Waals surface area contributed by atoms with Crippen LogP contribution in [0.5, 0.6) is 0 Å². The molecule has 4 rings (SSSR count). The predicted molar refractivity (Wildman–Crippen MR) is 123 cm³/mol. The van der Waals surface area contributed by atoms with Crippen LogP contribution < -0.4 is 10.6 Å². The monoisotopic (exact) mass is 429 g/mol. The quantitative estimate of drug-likeness (QED) is 0.536. The molecule has 29 heavy (non-hydrogen) atoms. The van der Waals surface area contributed by atoms with E-state index in [2.05, 4.69) is 56.0 Å². The number of benzene rings is 1. The lowest BCUT2D eigenvalue weighted by Crippen LogP contribution is -2.43. The first-order valence-electron chi connectivity index (χ1n) is 10.2. The zero-order chi connectivity index (χ0) is 20.2. The molecular formula is C22H28ClN5S. The topological polar surface area (TPSA) is 53.1 Å². The van der Waals surface area contributed by atoms with E-state index in [0.717, 1.165) is 59.3 Å². The molecule has 1 aliphatic heterocycles. The van der Waals surface area contributed by atoms with Crippen molar-refractivity contribution in [2.75, 3.05) is 31.5 Å². The summed E-state index contributed by atoms with van der Waals surface area (Å²) in [5, 5.41) is 10.2. The summed E-state index contributed by atoms with van der Waals surface area (Å²) in [4.78, 5) is 11.3. The third-order valence-corrected chi connectivity index (χ3v) is 7.11. The second-order valence-electron chi connectivity index (χ2n) is 7.83. The molecule has 0 atom stereocenters. The Labute approximate surface area is 181 Å². The number of hydrogen-bond donors (Lipinski definition) is 2. The molecule has 0 bridgehead atoms. The predicted octanol–water partition coefficient (Wildman–Crippen LogP) is 4.63. The average molecular weight is 430 g/mol. The minimum absolute atomic E-state index is 0.587. The number of nitrogens with zero attached hydrogens (tertiary/aromatic N) is 3. The van der Waals surface area contributed by atoms with Crippen LogP contribution in [-0.2, 0) is 6.54 Å². The zero-order valence-corrected chi connectivity index (χ0v) is 18.6. The number of fused-ring (bicyclic) bond motifs is 1. The molecular weight excluding hydrogens is 402 g/mol. The van der Waals surface area contributed by atoms with Crippen molar-refractivity contribution in [1.82, 2.24) is 20.2 Å². The molecule has 3 aromatic rings. The van der Waals surface area contributed by atoms with E-state index >= 15 is 0 Å². The van der Waals surface area contributed by atoms with Crippen LogP contribution in [0.4, 0.5) is 5.82 Å². The molecule has 1 fully saturated rings. The van der Waals surface area contributed by atoms with Gasteiger partial charge in [-0.05, 0) is 67.9 Å². The molecule has 1 aromatic carbocycles. The summed E-state index contributed by atoms with van der Waals surface area (Å²) in [7, 11) is 0. The Morgan fingerprint density at radius 3 is 2.76 bits per heavy atom. The van der Waals surface area contributed by atoms with Gasteiger partial charge in [0.2, 0.25) is 0 Å². The summed E-state index contributed by atoms with van der Waals surface area (Å²) in [5.41, 5.74) is 4.72. The number of nitrogens with one attached hydrogen (secondary N) is 2. The number of halogens is 1. The van der Waals surface area contributed by atoms with Crippen molar-refractivity contribution in [1.29, 1.82) is 0 Å². The molecule has 1 aliphatic rings. The van der Waals surface area contributed by atoms with Crippen LogP contribution in [0.3, 0.4) is 0 Å². The Hall–Kier alpha value is -1.73. The minimum Gasteiger partial charge on any atom is -0.368 e. The highest BCUT2D eigenvalue weighted by atomic mass is 35.5. The minimum atomic E-state index is 0.587. The molecule has 154 valence electrons. The Morgan fingerprint density at radius 1 is 1.14 bits per heavy atom. The number of hydrogen-bond acceptors (Lipinski definition) is 6. The number of anilines is 1. The third kappa shape index (κ3) is 5.07. The van der Waals surface area contributed by atoms with Gasteiger partial charge in [-0.15, -0.1) is 11.3 Å². The van der Waals surface area contributed by atoms with E-state index in [9.17, 15) is 0 Å². The fourth-order valence-electron chi connectivity index (χ4n) is 3.84. The number of piperidine rings is 1. The van der Waals surface area contributed by atoms with Gasteiger partial charge in [0.15, 0.2) is 0 Å². The normalized spacial score (nSPS) is 15.8. The number of aryl methyl sites for hydroxylation is 2. The van der Waals surface area contributed by atoms with Gasteiger partial charge < -0.3 is 10.6 Å². The largest absolute Gasteiger partial charge is 0.368 e. The smallest absolute Gasteiger partial charge is 0.147 e. The van der Waals surface area contributed by atoms with Gasteiger partial charge in [0.25, 0.3) is 0 Å². The fourth-order valence-corrected chi connectivity index (χ4v) is 5.01. The molecule has 2 aromatic heterocycles. The van der Waals surface area contributed by atoms with Crippen molar-refractivity contribution >= 4 is 39.0 Å². The van der Waals surface area contributed by atoms with E-state index < -0.39 is 0 Å². The van der Waals surface area contributed by atoms with Crippen molar-refractivity contribution in [2.24, 2.45) is 0 Å². The SMILES string of the molecule is Cc1ccc(CN2CCC(NCCNc3ncnc4c(C)csc34)CC2)cc1Cl. The third-order valence-electron chi connectivity index (χ3n) is 5.61. The standard InChI is InChI=1S/C22H28ClN5S/c1-15-3-4-17(11-19(15)23)12-28-9-5-18(6-10-28)24-7-8-25-22-21-20(26-14-27-22)16(2)13-29-21/h3-4,11,13-14,18,24H,5-10,12H2,1-2H3,(H,25,26,27). The highest BCUT2D eigenvalue weighted by Crippen LogP contribution is 2.28. The van der Waals surface area contributed by atoms with Crippen molar-refractivity contribution in [3.8, 4) is 0 Å². The number of thiophene rings is 1. The highest BCUT2D eigenvalue weighted by Gasteiger charge is 2.19. The van der Waals surface area contributed by atoms with E-state index in [1.165, 1.54) is 24.0 Å². The molecule has 0 aliphatic carbocycles. The average Bonchev–Trinajstić information content (AvgIpc) is 3.11. The molecule has 0 amide bonds. The Morgan fingerprint density at radius 2 is 1.97 bits per heavy atom. The van der Waals surface area contributed by atoms with E-state index in [1.54, 1.807) is 17.7 Å². The number of rotatable bonds is 7. The number of aromatic nitrogens is 2. The zero-order valence-electron chi connectivity index (χ0n) is 17.0. The summed E-state index contributed by atoms with van der Waals surface area (Å²) in [6.45, 7) is 9.18. The molecule has 0 radical (unpaired) electrons. The van der Waals surface area contributed by atoms with Crippen LogP contribution in [0.2, 0.25) is 5.02 Å². The van der Waals surface area contributed by atoms with Gasteiger partial charge in [-0.2, -0.15) is 0 Å². The molecule has 0 spiro atoms. The Bertz CT molecular complexity index is 965. The van der Waals surface area contributed by atoms with Gasteiger partial charge in [0.05, 0.1) is 10.2 Å². The lowest BCUT2D eigenvalue weighted by molar-refractivity contribution is 0.191. The maximum absolute atomic E-state index is 6.26. The molecule has 0 saturated carbocycles. The van der Waals surface area contributed by atoms with Gasteiger partial charge in [-0.3, -0.25) is 4.90 Å². The molecule has 5 nitrogen and oxygen atoms in total. The van der Waals surface area contributed by atoms with Gasteiger partial charge in [-0.1, -0.05) is 23.7 Å². The van der Waals surface area contributed by atoms with Crippen LogP contribution in [0.1, 0.15) is 29.5 Å². The second kappa shape index (κ2) is 9.39. The van der Waals surface area contributed by atoms with Crippen molar-refractivity contribution in [3.05, 3.63) is 51.6 Å². The Kier molecular flexibility index (Phi) is 6.65. The molecule has 3 heterocycles. The van der Waals surface area contributed by atoms with Crippen molar-refractivity contribution < 1.29 is 0 Å². The maximum Gasteiger partial charge on any atom is 0.147 e. The van der Waals surface area contributed by atoms with E-state index in [1.807, 2.05) is 6.92 Å². The summed E-state index contributed by atoms with van der Waals surface area (Å²) < 4.78 is 1.15. The molecule has 0 unspecified atom stereocenters. The summed E-state index contributed by atoms with van der Waals surface area (Å²) in [6.07, 6.45) is 4.01. The highest BCUT2D eigenvalue weighted by molar-refractivity contribution is 7.18. The first-order chi connectivity index (χ1) is 14.1. The van der Waals surface area contributed by atoms with Crippen LogP contribution in [0, 0.1) is 13.8 Å². The number of likely N-dealkylation sites (tertiary alicyclic amines) is 1. The summed E-state index contributed by atoms with van der Waals surface area (Å²) >= 11 is 7.97. The Balaban J connectivity index is 1.19. The molecule has 7 heteroatoms. The fraction of sp³-hybridized carbons (Fsp3) is 0.455. The second-order valence-corrected chi connectivity index (χ2v) is 9.12. The van der Waals surface area contributed by atoms with Crippen LogP contribution >= 0.6 is 22.9 Å². The van der Waals surface area contributed by atoms with Gasteiger partial charge in [0.1, 0.15) is 12.1 Å². The maximum atomic E-state index is 6.26. The first kappa shape index (κ1) is 20.5. The van der Waals surface area contributed by atoms with Crippen LogP contribution in [0.25, 0.3) is 10.2 Å². The lowest BCUT2D eigenvalue weighted by atomic mass is 10.0.